The van der Waals surface area contributed by atoms with Crippen molar-refractivity contribution in [3.05, 3.63) is 35.1 Å². The molecule has 2 N–H and O–H groups in total. The summed E-state index contributed by atoms with van der Waals surface area (Å²) in [6, 6.07) is 5.51. The lowest BCUT2D eigenvalue weighted by Crippen LogP contribution is -2.32. The minimum atomic E-state index is -0.619. The van der Waals surface area contributed by atoms with Crippen LogP contribution in [-0.4, -0.2) is 24.4 Å². The fourth-order valence-corrected chi connectivity index (χ4v) is 2.57. The van der Waals surface area contributed by atoms with Gasteiger partial charge in [-0.3, -0.25) is 4.79 Å². The molecule has 0 aromatic heterocycles. The number of benzene rings is 1. The number of ether oxygens (including phenoxy) is 1. The van der Waals surface area contributed by atoms with E-state index in [0.29, 0.717) is 30.1 Å². The number of thioether (sulfide) groups is 1. The first kappa shape index (κ1) is 16.5. The maximum Gasteiger partial charge on any atom is 0.322 e. The van der Waals surface area contributed by atoms with Crippen molar-refractivity contribution in [3.63, 3.8) is 0 Å². The van der Waals surface area contributed by atoms with Crippen molar-refractivity contribution in [1.29, 1.82) is 5.26 Å². The van der Waals surface area contributed by atoms with Crippen LogP contribution >= 0.6 is 11.8 Å². The zero-order valence-electron chi connectivity index (χ0n) is 11.3. The molecule has 0 heterocycles. The summed E-state index contributed by atoms with van der Waals surface area (Å²) in [5, 5.41) is 8.91. The van der Waals surface area contributed by atoms with Crippen LogP contribution in [0.4, 0.5) is 4.39 Å². The average molecular weight is 296 g/mol. The third kappa shape index (κ3) is 5.19. The number of carbonyl (C=O) groups excluding carboxylic acids is 1. The first-order chi connectivity index (χ1) is 9.58. The van der Waals surface area contributed by atoms with Crippen molar-refractivity contribution in [2.45, 2.75) is 25.1 Å². The Hall–Kier alpha value is -1.58. The van der Waals surface area contributed by atoms with Gasteiger partial charge in [0, 0.05) is 5.75 Å². The molecule has 1 aromatic carbocycles. The summed E-state index contributed by atoms with van der Waals surface area (Å²) in [5.41, 5.74) is 6.79. The highest BCUT2D eigenvalue weighted by Crippen LogP contribution is 2.18. The van der Waals surface area contributed by atoms with E-state index in [4.69, 9.17) is 15.7 Å². The number of nitriles is 1. The Morgan fingerprint density at radius 3 is 3.00 bits per heavy atom. The Labute approximate surface area is 122 Å². The van der Waals surface area contributed by atoms with E-state index in [1.54, 1.807) is 24.8 Å². The van der Waals surface area contributed by atoms with Gasteiger partial charge in [0.15, 0.2) is 0 Å². The highest BCUT2D eigenvalue weighted by molar-refractivity contribution is 7.98. The van der Waals surface area contributed by atoms with Crippen LogP contribution in [0.3, 0.4) is 0 Å². The Bertz CT molecular complexity index is 502. The van der Waals surface area contributed by atoms with Crippen LogP contribution in [0.2, 0.25) is 0 Å². The molecule has 0 radical (unpaired) electrons. The molecular formula is C14H17FN2O2S. The van der Waals surface area contributed by atoms with Gasteiger partial charge in [-0.05, 0) is 36.8 Å². The molecule has 20 heavy (non-hydrogen) atoms. The van der Waals surface area contributed by atoms with E-state index < -0.39 is 17.8 Å². The van der Waals surface area contributed by atoms with Crippen LogP contribution < -0.4 is 5.73 Å². The van der Waals surface area contributed by atoms with Crippen LogP contribution in [0, 0.1) is 17.1 Å². The first-order valence-electron chi connectivity index (χ1n) is 6.27. The fraction of sp³-hybridized carbons (Fsp3) is 0.429. The Morgan fingerprint density at radius 1 is 1.60 bits per heavy atom. The topological polar surface area (TPSA) is 76.1 Å². The lowest BCUT2D eigenvalue weighted by atomic mass is 10.1. The Balaban J connectivity index is 2.38. The summed E-state index contributed by atoms with van der Waals surface area (Å²) in [4.78, 5) is 11.3. The summed E-state index contributed by atoms with van der Waals surface area (Å²) >= 11 is 1.54. The quantitative estimate of drug-likeness (QED) is 0.616. The summed E-state index contributed by atoms with van der Waals surface area (Å²) in [6.45, 7) is 2.05. The van der Waals surface area contributed by atoms with Gasteiger partial charge < -0.3 is 10.5 Å². The monoisotopic (exact) mass is 296 g/mol. The molecule has 0 spiro atoms. The third-order valence-electron chi connectivity index (χ3n) is 2.61. The molecule has 6 heteroatoms. The SMILES string of the molecule is CCOC(=O)C(N)CCSCc1ccc(F)cc1C#N. The molecule has 1 aromatic rings. The van der Waals surface area contributed by atoms with Crippen molar-refractivity contribution in [1.82, 2.24) is 0 Å². The zero-order chi connectivity index (χ0) is 15.0. The number of hydrogen-bond donors (Lipinski definition) is 1. The molecule has 0 aliphatic rings. The molecule has 0 aliphatic heterocycles. The molecule has 0 saturated carbocycles. The molecule has 1 rings (SSSR count). The predicted molar refractivity (Wildman–Crippen MR) is 76.5 cm³/mol. The van der Waals surface area contributed by atoms with Gasteiger partial charge in [0.1, 0.15) is 11.9 Å². The van der Waals surface area contributed by atoms with E-state index in [2.05, 4.69) is 0 Å². The van der Waals surface area contributed by atoms with Crippen LogP contribution in [0.15, 0.2) is 18.2 Å². The summed E-state index contributed by atoms with van der Waals surface area (Å²) < 4.78 is 17.8. The molecule has 0 fully saturated rings. The Morgan fingerprint density at radius 2 is 2.35 bits per heavy atom. The number of carbonyl (C=O) groups is 1. The average Bonchev–Trinajstić information content (AvgIpc) is 2.44. The van der Waals surface area contributed by atoms with E-state index in [0.717, 1.165) is 5.56 Å². The maximum atomic E-state index is 13.0. The number of esters is 1. The van der Waals surface area contributed by atoms with E-state index in [-0.39, 0.29) is 0 Å². The number of nitrogens with two attached hydrogens (primary N) is 1. The van der Waals surface area contributed by atoms with E-state index in [1.165, 1.54) is 12.1 Å². The molecular weight excluding hydrogens is 279 g/mol. The predicted octanol–water partition coefficient (Wildman–Crippen LogP) is 2.21. The van der Waals surface area contributed by atoms with Crippen molar-refractivity contribution in [3.8, 4) is 6.07 Å². The van der Waals surface area contributed by atoms with Gasteiger partial charge in [-0.15, -0.1) is 0 Å². The van der Waals surface area contributed by atoms with Crippen LogP contribution in [0.5, 0.6) is 0 Å². The largest absolute Gasteiger partial charge is 0.465 e. The molecule has 1 unspecified atom stereocenters. The van der Waals surface area contributed by atoms with E-state index in [1.807, 2.05) is 6.07 Å². The highest BCUT2D eigenvalue weighted by atomic mass is 32.2. The molecule has 0 bridgehead atoms. The number of hydrogen-bond acceptors (Lipinski definition) is 5. The molecule has 4 nitrogen and oxygen atoms in total. The summed E-state index contributed by atoms with van der Waals surface area (Å²) in [7, 11) is 0. The molecule has 1 atom stereocenters. The second-order valence-corrected chi connectivity index (χ2v) is 5.22. The Kier molecular flexibility index (Phi) is 7.05. The van der Waals surface area contributed by atoms with Gasteiger partial charge in [-0.1, -0.05) is 6.07 Å². The lowest BCUT2D eigenvalue weighted by Gasteiger charge is -2.10. The van der Waals surface area contributed by atoms with Crippen LogP contribution in [-0.2, 0) is 15.3 Å². The van der Waals surface area contributed by atoms with Gasteiger partial charge >= 0.3 is 5.97 Å². The minimum Gasteiger partial charge on any atom is -0.465 e. The second kappa shape index (κ2) is 8.56. The molecule has 0 aliphatic carbocycles. The normalized spacial score (nSPS) is 11.7. The highest BCUT2D eigenvalue weighted by Gasteiger charge is 2.14. The number of rotatable bonds is 7. The zero-order valence-corrected chi connectivity index (χ0v) is 12.1. The van der Waals surface area contributed by atoms with Gasteiger partial charge in [0.2, 0.25) is 0 Å². The van der Waals surface area contributed by atoms with Gasteiger partial charge in [0.05, 0.1) is 18.2 Å². The maximum absolute atomic E-state index is 13.0. The number of halogens is 1. The van der Waals surface area contributed by atoms with E-state index >= 15 is 0 Å². The summed E-state index contributed by atoms with van der Waals surface area (Å²) in [6.07, 6.45) is 0.507. The van der Waals surface area contributed by atoms with Crippen molar-refractivity contribution >= 4 is 17.7 Å². The van der Waals surface area contributed by atoms with Gasteiger partial charge in [-0.2, -0.15) is 17.0 Å². The number of nitrogens with zero attached hydrogens (tertiary/aromatic N) is 1. The standard InChI is InChI=1S/C14H17FN2O2S/c1-2-19-14(18)13(17)5-6-20-9-10-3-4-12(15)7-11(10)8-16/h3-4,7,13H,2,5-6,9,17H2,1H3. The first-order valence-corrected chi connectivity index (χ1v) is 7.42. The van der Waals surface area contributed by atoms with Crippen molar-refractivity contribution in [2.24, 2.45) is 5.73 Å². The summed E-state index contributed by atoms with van der Waals surface area (Å²) in [5.74, 6) is 0.438. The second-order valence-electron chi connectivity index (χ2n) is 4.11. The van der Waals surface area contributed by atoms with E-state index in [9.17, 15) is 9.18 Å². The van der Waals surface area contributed by atoms with Crippen molar-refractivity contribution in [2.75, 3.05) is 12.4 Å². The minimum absolute atomic E-state index is 0.320. The molecule has 0 amide bonds. The third-order valence-corrected chi connectivity index (χ3v) is 3.65. The molecule has 0 saturated heterocycles. The van der Waals surface area contributed by atoms with Gasteiger partial charge in [-0.25, -0.2) is 4.39 Å². The van der Waals surface area contributed by atoms with Crippen molar-refractivity contribution < 1.29 is 13.9 Å². The lowest BCUT2D eigenvalue weighted by molar-refractivity contribution is -0.144. The smallest absolute Gasteiger partial charge is 0.322 e. The van der Waals surface area contributed by atoms with Crippen LogP contribution in [0.1, 0.15) is 24.5 Å². The van der Waals surface area contributed by atoms with Crippen LogP contribution in [0.25, 0.3) is 0 Å². The van der Waals surface area contributed by atoms with Gasteiger partial charge in [0.25, 0.3) is 0 Å². The fourth-order valence-electron chi connectivity index (χ4n) is 1.54. The molecule has 108 valence electrons.